The minimum atomic E-state index is -0.139. The fraction of sp³-hybridized carbons (Fsp3) is 0.850. The van der Waals surface area contributed by atoms with Gasteiger partial charge in [-0.15, -0.1) is 12.4 Å². The van der Waals surface area contributed by atoms with Gasteiger partial charge < -0.3 is 5.73 Å². The lowest BCUT2D eigenvalue weighted by molar-refractivity contribution is 0.341. The molecule has 1 rings (SSSR count). The van der Waals surface area contributed by atoms with Gasteiger partial charge in [0, 0.05) is 5.54 Å². The third kappa shape index (κ3) is 22.9. The summed E-state index contributed by atoms with van der Waals surface area (Å²) in [5.41, 5.74) is 9.86. The number of nitrogens with two attached hydrogens (primary N) is 1. The zero-order chi connectivity index (χ0) is 29.7. The Morgan fingerprint density at radius 2 is 0.690 bits per heavy atom. The summed E-state index contributed by atoms with van der Waals surface area (Å²) in [5.74, 6) is 0. The molecule has 0 saturated carbocycles. The normalized spacial score (nSPS) is 11.6. The average Bonchev–Trinajstić information content (AvgIpc) is 2.97. The van der Waals surface area contributed by atoms with Crippen molar-refractivity contribution in [3.05, 3.63) is 35.4 Å². The first-order valence-corrected chi connectivity index (χ1v) is 19.0. The predicted molar refractivity (Wildman–Crippen MR) is 194 cm³/mol. The molecule has 1 aromatic rings. The Balaban J connectivity index is 0.0000168. The van der Waals surface area contributed by atoms with Crippen LogP contribution in [0.3, 0.4) is 0 Å². The highest BCUT2D eigenvalue weighted by Crippen LogP contribution is 2.33. The van der Waals surface area contributed by atoms with Gasteiger partial charge in [0.1, 0.15) is 0 Å². The number of hydrogen-bond acceptors (Lipinski definition) is 1. The van der Waals surface area contributed by atoms with E-state index in [0.717, 1.165) is 12.8 Å². The summed E-state index contributed by atoms with van der Waals surface area (Å²) in [5, 5.41) is 0. The number of unbranched alkanes of at least 4 members (excludes halogenated alkanes) is 26. The van der Waals surface area contributed by atoms with Crippen LogP contribution in [0.4, 0.5) is 0 Å². The average molecular weight is 607 g/mol. The molecule has 0 unspecified atom stereocenters. The minimum Gasteiger partial charge on any atom is -0.321 e. The van der Waals surface area contributed by atoms with E-state index in [1.165, 1.54) is 191 Å². The Bertz CT molecular complexity index is 639. The second-order valence-corrected chi connectivity index (χ2v) is 13.7. The lowest BCUT2D eigenvalue weighted by Crippen LogP contribution is -2.37. The van der Waals surface area contributed by atoms with Gasteiger partial charge in [-0.05, 0) is 30.9 Å². The van der Waals surface area contributed by atoms with E-state index in [-0.39, 0.29) is 17.9 Å². The summed E-state index contributed by atoms with van der Waals surface area (Å²) < 4.78 is 0. The second kappa shape index (κ2) is 30.5. The molecule has 0 aliphatic heterocycles. The van der Waals surface area contributed by atoms with E-state index in [4.69, 9.17) is 5.73 Å². The molecule has 0 amide bonds. The number of rotatable bonds is 31. The standard InChI is InChI=1S/C40H75N.ClH/c1-4-6-8-10-12-14-16-18-20-22-24-26-28-32-36-40(41,39-35-31-30-34-38(39)3)37-33-29-27-25-23-21-19-17-15-13-11-9-7-5-2;/h30-31,34-35H,4-29,32-33,36-37,41H2,1-3H3;1H. The van der Waals surface area contributed by atoms with Crippen LogP contribution in [0.25, 0.3) is 0 Å². The van der Waals surface area contributed by atoms with Gasteiger partial charge in [-0.3, -0.25) is 0 Å². The van der Waals surface area contributed by atoms with Crippen molar-refractivity contribution in [2.24, 2.45) is 5.73 Å². The van der Waals surface area contributed by atoms with Gasteiger partial charge >= 0.3 is 0 Å². The maximum Gasteiger partial charge on any atom is 0.0412 e. The van der Waals surface area contributed by atoms with Crippen molar-refractivity contribution in [3.63, 3.8) is 0 Å². The molecule has 1 aromatic carbocycles. The van der Waals surface area contributed by atoms with Crippen LogP contribution in [-0.4, -0.2) is 0 Å². The lowest BCUT2D eigenvalue weighted by atomic mass is 9.79. The van der Waals surface area contributed by atoms with Crippen molar-refractivity contribution in [3.8, 4) is 0 Å². The first-order valence-electron chi connectivity index (χ1n) is 19.0. The third-order valence-corrected chi connectivity index (χ3v) is 9.63. The Labute approximate surface area is 271 Å². The first kappa shape index (κ1) is 41.5. The van der Waals surface area contributed by atoms with E-state index < -0.39 is 0 Å². The van der Waals surface area contributed by atoms with E-state index >= 15 is 0 Å². The molecule has 0 heterocycles. The molecule has 0 aliphatic carbocycles. The Morgan fingerprint density at radius 1 is 0.429 bits per heavy atom. The minimum absolute atomic E-state index is 0. The molecular weight excluding hydrogens is 530 g/mol. The monoisotopic (exact) mass is 606 g/mol. The molecule has 0 radical (unpaired) electrons. The van der Waals surface area contributed by atoms with Crippen LogP contribution in [0.15, 0.2) is 24.3 Å². The summed E-state index contributed by atoms with van der Waals surface area (Å²) in [4.78, 5) is 0. The summed E-state index contributed by atoms with van der Waals surface area (Å²) in [6.07, 6.45) is 41.9. The highest BCUT2D eigenvalue weighted by atomic mass is 35.5. The SMILES string of the molecule is CCCCCCCCCCCCCCCCC(N)(CCCCCCCCCCCCCCCC)c1ccccc1C.Cl. The number of halogens is 1. The molecule has 2 heteroatoms. The van der Waals surface area contributed by atoms with Gasteiger partial charge in [-0.1, -0.05) is 218 Å². The van der Waals surface area contributed by atoms with Crippen molar-refractivity contribution in [2.45, 2.75) is 219 Å². The van der Waals surface area contributed by atoms with E-state index in [9.17, 15) is 0 Å². The molecule has 0 saturated heterocycles. The number of hydrogen-bond donors (Lipinski definition) is 1. The first-order chi connectivity index (χ1) is 20.1. The number of aryl methyl sites for hydroxylation is 1. The molecule has 0 bridgehead atoms. The van der Waals surface area contributed by atoms with Crippen LogP contribution >= 0.6 is 12.4 Å². The Morgan fingerprint density at radius 3 is 0.976 bits per heavy atom. The van der Waals surface area contributed by atoms with Crippen LogP contribution in [-0.2, 0) is 5.54 Å². The van der Waals surface area contributed by atoms with Gasteiger partial charge in [-0.2, -0.15) is 0 Å². The molecule has 0 atom stereocenters. The Hall–Kier alpha value is -0.530. The molecule has 42 heavy (non-hydrogen) atoms. The van der Waals surface area contributed by atoms with Crippen molar-refractivity contribution >= 4 is 12.4 Å². The molecule has 2 N–H and O–H groups in total. The maximum absolute atomic E-state index is 7.21. The molecule has 0 fully saturated rings. The third-order valence-electron chi connectivity index (χ3n) is 9.63. The summed E-state index contributed by atoms with van der Waals surface area (Å²) >= 11 is 0. The van der Waals surface area contributed by atoms with Crippen LogP contribution in [0.1, 0.15) is 218 Å². The van der Waals surface area contributed by atoms with Crippen molar-refractivity contribution in [1.82, 2.24) is 0 Å². The quantitative estimate of drug-likeness (QED) is 0.0837. The van der Waals surface area contributed by atoms with Crippen molar-refractivity contribution in [2.75, 3.05) is 0 Å². The molecule has 1 nitrogen and oxygen atoms in total. The zero-order valence-corrected chi connectivity index (χ0v) is 29.8. The topological polar surface area (TPSA) is 26.0 Å². The van der Waals surface area contributed by atoms with E-state index in [1.807, 2.05) is 0 Å². The second-order valence-electron chi connectivity index (χ2n) is 13.7. The van der Waals surface area contributed by atoms with E-state index in [2.05, 4.69) is 45.0 Å². The van der Waals surface area contributed by atoms with Gasteiger partial charge in [0.05, 0.1) is 0 Å². The molecule has 0 aliphatic rings. The highest BCUT2D eigenvalue weighted by molar-refractivity contribution is 5.85. The van der Waals surface area contributed by atoms with E-state index in [1.54, 1.807) is 0 Å². The van der Waals surface area contributed by atoms with Crippen LogP contribution in [0.5, 0.6) is 0 Å². The molecular formula is C40H76ClN. The maximum atomic E-state index is 7.21. The lowest BCUT2D eigenvalue weighted by Gasteiger charge is -2.32. The molecule has 0 spiro atoms. The smallest absolute Gasteiger partial charge is 0.0412 e. The largest absolute Gasteiger partial charge is 0.321 e. The van der Waals surface area contributed by atoms with Gasteiger partial charge in [0.2, 0.25) is 0 Å². The molecule has 248 valence electrons. The number of benzene rings is 1. The zero-order valence-electron chi connectivity index (χ0n) is 29.0. The van der Waals surface area contributed by atoms with Crippen molar-refractivity contribution < 1.29 is 0 Å². The van der Waals surface area contributed by atoms with Gasteiger partial charge in [-0.25, -0.2) is 0 Å². The summed E-state index contributed by atoms with van der Waals surface area (Å²) in [6, 6.07) is 8.93. The van der Waals surface area contributed by atoms with E-state index in [0.29, 0.717) is 0 Å². The van der Waals surface area contributed by atoms with Crippen molar-refractivity contribution in [1.29, 1.82) is 0 Å². The fourth-order valence-electron chi connectivity index (χ4n) is 6.80. The fourth-order valence-corrected chi connectivity index (χ4v) is 6.80. The van der Waals surface area contributed by atoms with Gasteiger partial charge in [0.25, 0.3) is 0 Å². The highest BCUT2D eigenvalue weighted by Gasteiger charge is 2.27. The summed E-state index contributed by atoms with van der Waals surface area (Å²) in [6.45, 7) is 6.86. The predicted octanol–water partition coefficient (Wildman–Crippen LogP) is 14.3. The van der Waals surface area contributed by atoms with Crippen LogP contribution in [0, 0.1) is 6.92 Å². The van der Waals surface area contributed by atoms with Crippen LogP contribution in [0.2, 0.25) is 0 Å². The van der Waals surface area contributed by atoms with Gasteiger partial charge in [0.15, 0.2) is 0 Å². The molecule has 0 aromatic heterocycles. The Kier molecular flexibility index (Phi) is 30.1. The van der Waals surface area contributed by atoms with Crippen LogP contribution < -0.4 is 5.73 Å². The summed E-state index contributed by atoms with van der Waals surface area (Å²) in [7, 11) is 0.